The number of nitrogens with one attached hydrogen (secondary N) is 2. The van der Waals surface area contributed by atoms with Crippen molar-refractivity contribution in [1.29, 1.82) is 0 Å². The van der Waals surface area contributed by atoms with Crippen LogP contribution in [0.15, 0.2) is 18.3 Å². The molecule has 5 nitrogen and oxygen atoms in total. The van der Waals surface area contributed by atoms with Gasteiger partial charge in [0.1, 0.15) is 11.3 Å². The second-order valence-corrected chi connectivity index (χ2v) is 6.69. The van der Waals surface area contributed by atoms with E-state index in [1.807, 2.05) is 12.3 Å². The highest BCUT2D eigenvalue weighted by Gasteiger charge is 2.22. The molecule has 2 N–H and O–H groups in total. The highest BCUT2D eigenvalue weighted by Crippen LogP contribution is 2.21. The average molecular weight is 299 g/mol. The molecule has 2 aliphatic rings. The number of hydrogen-bond donors (Lipinski definition) is 2. The minimum absolute atomic E-state index is 0.564. The normalized spacial score (nSPS) is 25.8. The maximum absolute atomic E-state index is 4.89. The summed E-state index contributed by atoms with van der Waals surface area (Å²) in [5.41, 5.74) is 2.09. The summed E-state index contributed by atoms with van der Waals surface area (Å²) in [5, 5.41) is 7.12. The van der Waals surface area contributed by atoms with Gasteiger partial charge in [0.2, 0.25) is 0 Å². The van der Waals surface area contributed by atoms with Crippen molar-refractivity contribution in [2.45, 2.75) is 44.7 Å². The van der Waals surface area contributed by atoms with Gasteiger partial charge in [0.25, 0.3) is 0 Å². The molecule has 2 unspecified atom stereocenters. The quantitative estimate of drug-likeness (QED) is 0.903. The Morgan fingerprint density at radius 2 is 2.23 bits per heavy atom. The highest BCUT2D eigenvalue weighted by atomic mass is 15.1. The second kappa shape index (κ2) is 6.34. The monoisotopic (exact) mass is 299 g/mol. The summed E-state index contributed by atoms with van der Waals surface area (Å²) in [6, 6.07) is 4.64. The molecule has 2 atom stereocenters. The number of imidazole rings is 1. The van der Waals surface area contributed by atoms with Gasteiger partial charge in [-0.15, -0.1) is 0 Å². The standard InChI is InChI=1S/C17H25N5/c1-2-7-19-14(4-1)12-22-16(10-13-6-9-18-11-13)21-15-5-3-8-20-17(15)22/h3,5,8,13-14,18-19H,1-2,4,6-7,9-12H2. The molecule has 4 rings (SSSR count). The predicted molar refractivity (Wildman–Crippen MR) is 87.9 cm³/mol. The Hall–Kier alpha value is -1.46. The predicted octanol–water partition coefficient (Wildman–Crippen LogP) is 1.73. The Bertz CT molecular complexity index is 623. The van der Waals surface area contributed by atoms with Gasteiger partial charge in [-0.05, 0) is 56.9 Å². The molecule has 4 heterocycles. The van der Waals surface area contributed by atoms with Crippen LogP contribution in [0.4, 0.5) is 0 Å². The maximum atomic E-state index is 4.89. The van der Waals surface area contributed by atoms with Crippen molar-refractivity contribution in [1.82, 2.24) is 25.2 Å². The van der Waals surface area contributed by atoms with Crippen LogP contribution < -0.4 is 10.6 Å². The molecule has 2 saturated heterocycles. The SMILES string of the molecule is c1cnc2c(c1)nc(CC1CCNC1)n2CC1CCCCN1. The Morgan fingerprint density at radius 3 is 3.05 bits per heavy atom. The molecule has 2 fully saturated rings. The van der Waals surface area contributed by atoms with Crippen LogP contribution in [0.1, 0.15) is 31.5 Å². The van der Waals surface area contributed by atoms with Crippen LogP contribution in [0.25, 0.3) is 11.2 Å². The van der Waals surface area contributed by atoms with Gasteiger partial charge < -0.3 is 15.2 Å². The van der Waals surface area contributed by atoms with E-state index in [0.717, 1.165) is 49.7 Å². The van der Waals surface area contributed by atoms with Crippen molar-refractivity contribution >= 4 is 11.2 Å². The molecular weight excluding hydrogens is 274 g/mol. The number of aromatic nitrogens is 3. The number of pyridine rings is 1. The van der Waals surface area contributed by atoms with Crippen molar-refractivity contribution in [3.63, 3.8) is 0 Å². The van der Waals surface area contributed by atoms with E-state index in [1.165, 1.54) is 31.5 Å². The molecule has 0 aromatic carbocycles. The number of piperidine rings is 1. The second-order valence-electron chi connectivity index (χ2n) is 6.69. The maximum Gasteiger partial charge on any atom is 0.160 e. The van der Waals surface area contributed by atoms with Gasteiger partial charge in [-0.25, -0.2) is 9.97 Å². The van der Waals surface area contributed by atoms with E-state index >= 15 is 0 Å². The topological polar surface area (TPSA) is 54.8 Å². The molecule has 0 radical (unpaired) electrons. The molecule has 2 aliphatic heterocycles. The van der Waals surface area contributed by atoms with Crippen molar-refractivity contribution < 1.29 is 0 Å². The zero-order valence-corrected chi connectivity index (χ0v) is 13.1. The fraction of sp³-hybridized carbons (Fsp3) is 0.647. The van der Waals surface area contributed by atoms with E-state index < -0.39 is 0 Å². The molecule has 0 saturated carbocycles. The van der Waals surface area contributed by atoms with E-state index in [9.17, 15) is 0 Å². The Balaban J connectivity index is 1.63. The number of rotatable bonds is 4. The van der Waals surface area contributed by atoms with E-state index in [-0.39, 0.29) is 0 Å². The lowest BCUT2D eigenvalue weighted by Gasteiger charge is -2.25. The minimum atomic E-state index is 0.564. The number of nitrogens with zero attached hydrogens (tertiary/aromatic N) is 3. The fourth-order valence-electron chi connectivity index (χ4n) is 3.80. The summed E-state index contributed by atoms with van der Waals surface area (Å²) < 4.78 is 2.37. The van der Waals surface area contributed by atoms with Gasteiger partial charge in [-0.1, -0.05) is 6.42 Å². The van der Waals surface area contributed by atoms with Crippen molar-refractivity contribution in [3.8, 4) is 0 Å². The van der Waals surface area contributed by atoms with E-state index in [1.54, 1.807) is 0 Å². The molecule has 0 bridgehead atoms. The Labute approximate surface area is 131 Å². The summed E-state index contributed by atoms with van der Waals surface area (Å²) >= 11 is 0. The van der Waals surface area contributed by atoms with Crippen LogP contribution >= 0.6 is 0 Å². The minimum Gasteiger partial charge on any atom is -0.316 e. The molecule has 0 spiro atoms. The van der Waals surface area contributed by atoms with Gasteiger partial charge in [-0.2, -0.15) is 0 Å². The van der Waals surface area contributed by atoms with Crippen molar-refractivity contribution in [3.05, 3.63) is 24.2 Å². The van der Waals surface area contributed by atoms with Crippen LogP contribution in [0.5, 0.6) is 0 Å². The van der Waals surface area contributed by atoms with Crippen molar-refractivity contribution in [2.75, 3.05) is 19.6 Å². The van der Waals surface area contributed by atoms with Crippen LogP contribution in [0.2, 0.25) is 0 Å². The van der Waals surface area contributed by atoms with Gasteiger partial charge in [-0.3, -0.25) is 0 Å². The summed E-state index contributed by atoms with van der Waals surface area (Å²) in [5.74, 6) is 1.93. The summed E-state index contributed by atoms with van der Waals surface area (Å²) in [6.07, 6.45) is 8.11. The number of hydrogen-bond acceptors (Lipinski definition) is 4. The van der Waals surface area contributed by atoms with E-state index in [2.05, 4.69) is 26.3 Å². The van der Waals surface area contributed by atoms with Crippen LogP contribution in [-0.2, 0) is 13.0 Å². The first-order valence-corrected chi connectivity index (χ1v) is 8.64. The summed E-state index contributed by atoms with van der Waals surface area (Å²) in [7, 11) is 0. The van der Waals surface area contributed by atoms with Crippen LogP contribution in [-0.4, -0.2) is 40.2 Å². The molecule has 22 heavy (non-hydrogen) atoms. The molecule has 2 aromatic heterocycles. The Morgan fingerprint density at radius 1 is 1.23 bits per heavy atom. The molecular formula is C17H25N5. The third-order valence-electron chi connectivity index (χ3n) is 5.03. The first-order valence-electron chi connectivity index (χ1n) is 8.64. The molecule has 0 aliphatic carbocycles. The molecule has 2 aromatic rings. The van der Waals surface area contributed by atoms with Crippen molar-refractivity contribution in [2.24, 2.45) is 5.92 Å². The summed E-state index contributed by atoms with van der Waals surface area (Å²) in [4.78, 5) is 9.49. The lowest BCUT2D eigenvalue weighted by atomic mass is 10.0. The van der Waals surface area contributed by atoms with Crippen LogP contribution in [0, 0.1) is 5.92 Å². The smallest absolute Gasteiger partial charge is 0.160 e. The largest absolute Gasteiger partial charge is 0.316 e. The molecule has 0 amide bonds. The zero-order valence-electron chi connectivity index (χ0n) is 13.1. The van der Waals surface area contributed by atoms with Gasteiger partial charge >= 0.3 is 0 Å². The lowest BCUT2D eigenvalue weighted by molar-refractivity contribution is 0.359. The van der Waals surface area contributed by atoms with E-state index in [4.69, 9.17) is 4.98 Å². The number of fused-ring (bicyclic) bond motifs is 1. The van der Waals surface area contributed by atoms with Gasteiger partial charge in [0.05, 0.1) is 0 Å². The van der Waals surface area contributed by atoms with E-state index in [0.29, 0.717) is 6.04 Å². The Kier molecular flexibility index (Phi) is 4.08. The van der Waals surface area contributed by atoms with Crippen LogP contribution in [0.3, 0.4) is 0 Å². The van der Waals surface area contributed by atoms with Gasteiger partial charge in [0, 0.05) is 25.2 Å². The lowest BCUT2D eigenvalue weighted by Crippen LogP contribution is -2.37. The molecule has 118 valence electrons. The fourth-order valence-corrected chi connectivity index (χ4v) is 3.80. The average Bonchev–Trinajstić information content (AvgIpc) is 3.18. The highest BCUT2D eigenvalue weighted by molar-refractivity contribution is 5.71. The third kappa shape index (κ3) is 2.88. The third-order valence-corrected chi connectivity index (χ3v) is 5.03. The first kappa shape index (κ1) is 14.2. The van der Waals surface area contributed by atoms with Gasteiger partial charge in [0.15, 0.2) is 5.65 Å². The molecule has 5 heteroatoms. The zero-order chi connectivity index (χ0) is 14.8. The first-order chi connectivity index (χ1) is 10.9. The summed E-state index contributed by atoms with van der Waals surface area (Å²) in [6.45, 7) is 4.42.